The quantitative estimate of drug-likeness (QED) is 0.676. The molecule has 1 aromatic heterocycles. The van der Waals surface area contributed by atoms with Crippen LogP contribution in [0.15, 0.2) is 42.5 Å². The second-order valence-electron chi connectivity index (χ2n) is 5.17. The maximum atomic E-state index is 12.6. The van der Waals surface area contributed by atoms with Gasteiger partial charge in [0, 0.05) is 15.8 Å². The number of hydrogen-bond acceptors (Lipinski definition) is 4. The second-order valence-corrected chi connectivity index (χ2v) is 6.60. The zero-order valence-corrected chi connectivity index (χ0v) is 14.6. The molecule has 122 valence electrons. The van der Waals surface area contributed by atoms with Crippen LogP contribution in [0.25, 0.3) is 10.1 Å². The predicted octanol–water partition coefficient (Wildman–Crippen LogP) is 4.90. The molecule has 0 spiro atoms. The van der Waals surface area contributed by atoms with Crippen molar-refractivity contribution in [2.45, 2.75) is 6.92 Å². The van der Waals surface area contributed by atoms with Crippen LogP contribution in [0.1, 0.15) is 25.6 Å². The molecule has 0 saturated carbocycles. The molecule has 6 heteroatoms. The highest BCUT2D eigenvalue weighted by Crippen LogP contribution is 2.35. The third-order valence-corrected chi connectivity index (χ3v) is 5.40. The first kappa shape index (κ1) is 16.5. The van der Waals surface area contributed by atoms with Crippen LogP contribution < -0.4 is 5.32 Å². The zero-order valence-electron chi connectivity index (χ0n) is 13.1. The van der Waals surface area contributed by atoms with Gasteiger partial charge in [0.15, 0.2) is 0 Å². The molecule has 0 radical (unpaired) electrons. The third-order valence-electron chi connectivity index (χ3n) is 3.73. The van der Waals surface area contributed by atoms with Gasteiger partial charge in [-0.2, -0.15) is 0 Å². The number of nitrogens with one attached hydrogen (secondary N) is 1. The van der Waals surface area contributed by atoms with E-state index in [1.807, 2.05) is 24.3 Å². The summed E-state index contributed by atoms with van der Waals surface area (Å²) in [7, 11) is 1.32. The van der Waals surface area contributed by atoms with Gasteiger partial charge in [-0.15, -0.1) is 11.3 Å². The average molecular weight is 360 g/mol. The molecule has 0 fully saturated rings. The number of fused-ring (bicyclic) bond motifs is 1. The number of hydrogen-bond donors (Lipinski definition) is 1. The maximum Gasteiger partial charge on any atom is 0.338 e. The highest BCUT2D eigenvalue weighted by Gasteiger charge is 2.19. The standard InChI is InChI=1S/C18H14ClNO3S/c1-10-11(18(22)23-2)7-5-8-13(10)20-17(21)16-15(19)12-6-3-4-9-14(12)24-16/h3-9H,1-2H3,(H,20,21). The van der Waals surface area contributed by atoms with Crippen molar-refractivity contribution in [3.05, 3.63) is 63.5 Å². The van der Waals surface area contributed by atoms with Crippen molar-refractivity contribution in [1.82, 2.24) is 0 Å². The summed E-state index contributed by atoms with van der Waals surface area (Å²) in [6.07, 6.45) is 0. The molecule has 24 heavy (non-hydrogen) atoms. The molecule has 3 rings (SSSR count). The van der Waals surface area contributed by atoms with E-state index in [4.69, 9.17) is 16.3 Å². The zero-order chi connectivity index (χ0) is 17.3. The van der Waals surface area contributed by atoms with Gasteiger partial charge in [0.1, 0.15) is 4.88 Å². The SMILES string of the molecule is COC(=O)c1cccc(NC(=O)c2sc3ccccc3c2Cl)c1C. The molecule has 0 aliphatic rings. The lowest BCUT2D eigenvalue weighted by Crippen LogP contribution is -2.13. The molecule has 0 aliphatic heterocycles. The molecule has 0 aliphatic carbocycles. The van der Waals surface area contributed by atoms with Crippen molar-refractivity contribution in [1.29, 1.82) is 0 Å². The van der Waals surface area contributed by atoms with Gasteiger partial charge in [0.05, 0.1) is 17.7 Å². The third kappa shape index (κ3) is 2.88. The van der Waals surface area contributed by atoms with Crippen molar-refractivity contribution >= 4 is 50.6 Å². The highest BCUT2D eigenvalue weighted by molar-refractivity contribution is 7.21. The summed E-state index contributed by atoms with van der Waals surface area (Å²) < 4.78 is 5.70. The van der Waals surface area contributed by atoms with Crippen molar-refractivity contribution in [3.8, 4) is 0 Å². The number of carbonyl (C=O) groups excluding carboxylic acids is 2. The molecule has 1 heterocycles. The smallest absolute Gasteiger partial charge is 0.338 e. The molecule has 1 N–H and O–H groups in total. The van der Waals surface area contributed by atoms with Gasteiger partial charge in [-0.1, -0.05) is 35.9 Å². The fraction of sp³-hybridized carbons (Fsp3) is 0.111. The lowest BCUT2D eigenvalue weighted by Gasteiger charge is -2.11. The van der Waals surface area contributed by atoms with Gasteiger partial charge in [0.25, 0.3) is 5.91 Å². The number of anilines is 1. The van der Waals surface area contributed by atoms with E-state index in [2.05, 4.69) is 5.32 Å². The second kappa shape index (κ2) is 6.63. The molecule has 0 atom stereocenters. The van der Waals surface area contributed by atoms with Gasteiger partial charge in [-0.05, 0) is 30.7 Å². The van der Waals surface area contributed by atoms with Crippen LogP contribution in [0.2, 0.25) is 5.02 Å². The first-order valence-corrected chi connectivity index (χ1v) is 8.38. The Bertz CT molecular complexity index is 949. The maximum absolute atomic E-state index is 12.6. The van der Waals surface area contributed by atoms with Crippen molar-refractivity contribution in [2.24, 2.45) is 0 Å². The first-order valence-electron chi connectivity index (χ1n) is 7.19. The minimum Gasteiger partial charge on any atom is -0.465 e. The van der Waals surface area contributed by atoms with E-state index < -0.39 is 5.97 Å². The number of ether oxygens (including phenoxy) is 1. The van der Waals surface area contributed by atoms with E-state index in [0.29, 0.717) is 26.7 Å². The topological polar surface area (TPSA) is 55.4 Å². The number of esters is 1. The molecule has 1 amide bonds. The minimum absolute atomic E-state index is 0.300. The molecule has 0 unspecified atom stereocenters. The van der Waals surface area contributed by atoms with Crippen LogP contribution in [0.4, 0.5) is 5.69 Å². The first-order chi connectivity index (χ1) is 11.5. The Kier molecular flexibility index (Phi) is 4.55. The van der Waals surface area contributed by atoms with E-state index in [1.165, 1.54) is 18.4 Å². The van der Waals surface area contributed by atoms with E-state index in [-0.39, 0.29) is 5.91 Å². The average Bonchev–Trinajstić information content (AvgIpc) is 2.93. The molecule has 0 bridgehead atoms. The molecule has 4 nitrogen and oxygen atoms in total. The summed E-state index contributed by atoms with van der Waals surface area (Å²) >= 11 is 7.67. The van der Waals surface area contributed by atoms with Crippen molar-refractivity contribution in [2.75, 3.05) is 12.4 Å². The van der Waals surface area contributed by atoms with Crippen LogP contribution >= 0.6 is 22.9 Å². The molecular weight excluding hydrogens is 346 g/mol. The van der Waals surface area contributed by atoms with Crippen LogP contribution in [0.5, 0.6) is 0 Å². The minimum atomic E-state index is -0.441. The van der Waals surface area contributed by atoms with Crippen LogP contribution in [0.3, 0.4) is 0 Å². The molecule has 3 aromatic rings. The van der Waals surface area contributed by atoms with E-state index in [1.54, 1.807) is 25.1 Å². The fourth-order valence-corrected chi connectivity index (χ4v) is 3.85. The summed E-state index contributed by atoms with van der Waals surface area (Å²) in [5, 5.41) is 4.12. The number of halogens is 1. The van der Waals surface area contributed by atoms with E-state index >= 15 is 0 Å². The molecule has 0 saturated heterocycles. The normalized spacial score (nSPS) is 10.6. The largest absolute Gasteiger partial charge is 0.465 e. The van der Waals surface area contributed by atoms with Crippen molar-refractivity contribution in [3.63, 3.8) is 0 Å². The number of amides is 1. The highest BCUT2D eigenvalue weighted by atomic mass is 35.5. The molecular formula is C18H14ClNO3S. The summed E-state index contributed by atoms with van der Waals surface area (Å²) in [5.41, 5.74) is 1.61. The summed E-state index contributed by atoms with van der Waals surface area (Å²) in [6, 6.07) is 12.7. The number of methoxy groups -OCH3 is 1. The Hall–Kier alpha value is -2.37. The van der Waals surface area contributed by atoms with Crippen LogP contribution in [0, 0.1) is 6.92 Å². The Balaban J connectivity index is 1.95. The Morgan fingerprint density at radius 3 is 2.58 bits per heavy atom. The van der Waals surface area contributed by atoms with Gasteiger partial charge in [-0.3, -0.25) is 4.79 Å². The van der Waals surface area contributed by atoms with E-state index in [0.717, 1.165) is 10.1 Å². The Morgan fingerprint density at radius 2 is 1.88 bits per heavy atom. The number of thiophene rings is 1. The van der Waals surface area contributed by atoms with Crippen LogP contribution in [-0.4, -0.2) is 19.0 Å². The monoisotopic (exact) mass is 359 g/mol. The predicted molar refractivity (Wildman–Crippen MR) is 97.3 cm³/mol. The fourth-order valence-electron chi connectivity index (χ4n) is 2.44. The Morgan fingerprint density at radius 1 is 1.12 bits per heavy atom. The van der Waals surface area contributed by atoms with E-state index in [9.17, 15) is 9.59 Å². The number of carbonyl (C=O) groups is 2. The summed E-state index contributed by atoms with van der Waals surface area (Å²) in [4.78, 5) is 24.8. The summed E-state index contributed by atoms with van der Waals surface area (Å²) in [6.45, 7) is 1.76. The summed E-state index contributed by atoms with van der Waals surface area (Å²) in [5.74, 6) is -0.741. The lowest BCUT2D eigenvalue weighted by atomic mass is 10.1. The van der Waals surface area contributed by atoms with Gasteiger partial charge < -0.3 is 10.1 Å². The van der Waals surface area contributed by atoms with Crippen molar-refractivity contribution < 1.29 is 14.3 Å². The van der Waals surface area contributed by atoms with Crippen LogP contribution in [-0.2, 0) is 4.74 Å². The van der Waals surface area contributed by atoms with Gasteiger partial charge in [0.2, 0.25) is 0 Å². The molecule has 2 aromatic carbocycles. The Labute approximate surface area is 148 Å². The number of benzene rings is 2. The van der Waals surface area contributed by atoms with Gasteiger partial charge in [-0.25, -0.2) is 4.79 Å². The van der Waals surface area contributed by atoms with Gasteiger partial charge >= 0.3 is 5.97 Å². The number of rotatable bonds is 3. The lowest BCUT2D eigenvalue weighted by molar-refractivity contribution is 0.0599.